The van der Waals surface area contributed by atoms with Gasteiger partial charge in [0.2, 0.25) is 26.0 Å². The quantitative estimate of drug-likeness (QED) is 0.543. The number of carbonyl (C=O) groups is 1. The average Bonchev–Trinajstić information content (AvgIpc) is 2.81. The maximum absolute atomic E-state index is 13.1. The molecule has 1 aliphatic heterocycles. The molecule has 2 aromatic rings. The Bertz CT molecular complexity index is 1210. The molecule has 0 aromatic heterocycles. The number of amides is 1. The van der Waals surface area contributed by atoms with Crippen molar-refractivity contribution in [2.24, 2.45) is 0 Å². The van der Waals surface area contributed by atoms with Gasteiger partial charge in [0.15, 0.2) is 0 Å². The summed E-state index contributed by atoms with van der Waals surface area (Å²) in [5, 5.41) is 2.63. The standard InChI is InChI=1S/C23H29N3O5S2/c1-3-14-26(32(28,29)21-10-6-4-7-11-21)18-23(27)24-20-13-12-19(2)22(17-20)33(30,31)25-15-8-5-9-16-25/h3-4,6-7,10-13,17H,1,5,8-9,14-16,18H2,2H3,(H,24,27). The Balaban J connectivity index is 1.79. The average molecular weight is 492 g/mol. The lowest BCUT2D eigenvalue weighted by Crippen LogP contribution is -2.38. The molecule has 8 nitrogen and oxygen atoms in total. The van der Waals surface area contributed by atoms with E-state index < -0.39 is 32.5 Å². The molecule has 33 heavy (non-hydrogen) atoms. The fourth-order valence-corrected chi connectivity index (χ4v) is 6.85. The molecule has 1 heterocycles. The van der Waals surface area contributed by atoms with Gasteiger partial charge in [0.05, 0.1) is 16.3 Å². The van der Waals surface area contributed by atoms with Gasteiger partial charge in [-0.3, -0.25) is 4.79 Å². The van der Waals surface area contributed by atoms with Gasteiger partial charge in [0, 0.05) is 25.3 Å². The van der Waals surface area contributed by atoms with Crippen LogP contribution < -0.4 is 5.32 Å². The van der Waals surface area contributed by atoms with Crippen molar-refractivity contribution >= 4 is 31.6 Å². The molecule has 0 bridgehead atoms. The number of hydrogen-bond acceptors (Lipinski definition) is 5. The van der Waals surface area contributed by atoms with Crippen LogP contribution >= 0.6 is 0 Å². The first-order valence-electron chi connectivity index (χ1n) is 10.7. The second-order valence-electron chi connectivity index (χ2n) is 7.89. The molecule has 1 N–H and O–H groups in total. The molecule has 10 heteroatoms. The second-order valence-corrected chi connectivity index (χ2v) is 11.7. The van der Waals surface area contributed by atoms with Crippen molar-refractivity contribution in [2.75, 3.05) is 31.5 Å². The van der Waals surface area contributed by atoms with Crippen LogP contribution in [0.1, 0.15) is 24.8 Å². The molecule has 3 rings (SSSR count). The van der Waals surface area contributed by atoms with E-state index in [1.165, 1.54) is 28.6 Å². The Morgan fingerprint density at radius 1 is 1.06 bits per heavy atom. The fraction of sp³-hybridized carbons (Fsp3) is 0.348. The Labute approximate surface area is 196 Å². The Morgan fingerprint density at radius 2 is 1.73 bits per heavy atom. The maximum Gasteiger partial charge on any atom is 0.243 e. The number of nitrogens with one attached hydrogen (secondary N) is 1. The van der Waals surface area contributed by atoms with Gasteiger partial charge in [-0.15, -0.1) is 6.58 Å². The van der Waals surface area contributed by atoms with Crippen LogP contribution in [0.5, 0.6) is 0 Å². The molecule has 178 valence electrons. The predicted octanol–water partition coefficient (Wildman–Crippen LogP) is 2.99. The van der Waals surface area contributed by atoms with Crippen molar-refractivity contribution in [1.29, 1.82) is 0 Å². The van der Waals surface area contributed by atoms with Crippen molar-refractivity contribution in [1.82, 2.24) is 8.61 Å². The second kappa shape index (κ2) is 10.6. The van der Waals surface area contributed by atoms with E-state index in [1.807, 2.05) is 0 Å². The number of rotatable bonds is 9. The van der Waals surface area contributed by atoms with Crippen LogP contribution in [0.4, 0.5) is 5.69 Å². The van der Waals surface area contributed by atoms with Gasteiger partial charge in [-0.05, 0) is 49.6 Å². The Morgan fingerprint density at radius 3 is 2.36 bits per heavy atom. The fourth-order valence-electron chi connectivity index (χ4n) is 3.69. The lowest BCUT2D eigenvalue weighted by Gasteiger charge is -2.26. The van der Waals surface area contributed by atoms with Gasteiger partial charge in [-0.25, -0.2) is 16.8 Å². The summed E-state index contributed by atoms with van der Waals surface area (Å²) in [7, 11) is -7.58. The topological polar surface area (TPSA) is 104 Å². The number of anilines is 1. The molecule has 0 saturated carbocycles. The van der Waals surface area contributed by atoms with Crippen LogP contribution in [-0.4, -0.2) is 57.5 Å². The van der Waals surface area contributed by atoms with Crippen LogP contribution in [0.2, 0.25) is 0 Å². The highest BCUT2D eigenvalue weighted by atomic mass is 32.2. The SMILES string of the molecule is C=CCN(CC(=O)Nc1ccc(C)c(S(=O)(=O)N2CCCCC2)c1)S(=O)(=O)c1ccccc1. The normalized spacial score (nSPS) is 15.3. The molecule has 0 spiro atoms. The minimum Gasteiger partial charge on any atom is -0.325 e. The zero-order valence-electron chi connectivity index (χ0n) is 18.6. The smallest absolute Gasteiger partial charge is 0.243 e. The number of carbonyl (C=O) groups excluding carboxylic acids is 1. The third kappa shape index (κ3) is 5.89. The van der Waals surface area contributed by atoms with Crippen molar-refractivity contribution in [3.8, 4) is 0 Å². The molecule has 0 atom stereocenters. The van der Waals surface area contributed by atoms with Crippen molar-refractivity contribution in [3.05, 3.63) is 66.7 Å². The molecule has 1 amide bonds. The highest BCUT2D eigenvalue weighted by Gasteiger charge is 2.28. The summed E-state index contributed by atoms with van der Waals surface area (Å²) >= 11 is 0. The molecule has 0 unspecified atom stereocenters. The summed E-state index contributed by atoms with van der Waals surface area (Å²) in [5.41, 5.74) is 0.871. The lowest BCUT2D eigenvalue weighted by atomic mass is 10.2. The molecule has 1 fully saturated rings. The van der Waals surface area contributed by atoms with Crippen molar-refractivity contribution in [3.63, 3.8) is 0 Å². The molecule has 0 radical (unpaired) electrons. The van der Waals surface area contributed by atoms with E-state index in [4.69, 9.17) is 0 Å². The zero-order valence-corrected chi connectivity index (χ0v) is 20.2. The Hall–Kier alpha value is -2.53. The number of benzene rings is 2. The Kier molecular flexibility index (Phi) is 8.06. The minimum atomic E-state index is -3.90. The largest absolute Gasteiger partial charge is 0.325 e. The molecule has 1 saturated heterocycles. The number of nitrogens with zero attached hydrogens (tertiary/aromatic N) is 2. The number of hydrogen-bond donors (Lipinski definition) is 1. The summed E-state index contributed by atoms with van der Waals surface area (Å²) in [6.07, 6.45) is 4.06. The van der Waals surface area contributed by atoms with E-state index in [2.05, 4.69) is 11.9 Å². The summed E-state index contributed by atoms with van der Waals surface area (Å²) in [4.78, 5) is 12.9. The molecular weight excluding hydrogens is 462 g/mol. The summed E-state index contributed by atoms with van der Waals surface area (Å²) in [6.45, 7) is 5.76. The van der Waals surface area contributed by atoms with Gasteiger partial charge in [0.25, 0.3) is 0 Å². The van der Waals surface area contributed by atoms with Crippen LogP contribution in [0.15, 0.2) is 71.0 Å². The highest BCUT2D eigenvalue weighted by molar-refractivity contribution is 7.89. The summed E-state index contributed by atoms with van der Waals surface area (Å²) < 4.78 is 54.6. The first-order chi connectivity index (χ1) is 15.7. The van der Waals surface area contributed by atoms with E-state index in [0.717, 1.165) is 23.6 Å². The van der Waals surface area contributed by atoms with Crippen LogP contribution in [0.25, 0.3) is 0 Å². The van der Waals surface area contributed by atoms with Crippen LogP contribution in [0.3, 0.4) is 0 Å². The summed E-state index contributed by atoms with van der Waals surface area (Å²) in [6, 6.07) is 12.5. The van der Waals surface area contributed by atoms with Gasteiger partial charge in [-0.2, -0.15) is 8.61 Å². The third-order valence-electron chi connectivity index (χ3n) is 5.44. The lowest BCUT2D eigenvalue weighted by molar-refractivity contribution is -0.116. The van der Waals surface area contributed by atoms with E-state index in [9.17, 15) is 21.6 Å². The predicted molar refractivity (Wildman–Crippen MR) is 128 cm³/mol. The molecular formula is C23H29N3O5S2. The third-order valence-corrected chi connectivity index (χ3v) is 9.30. The van der Waals surface area contributed by atoms with E-state index in [-0.39, 0.29) is 22.0 Å². The first kappa shape index (κ1) is 25.1. The monoisotopic (exact) mass is 491 g/mol. The number of sulfonamides is 2. The van der Waals surface area contributed by atoms with Crippen LogP contribution in [0, 0.1) is 6.92 Å². The minimum absolute atomic E-state index is 0.0485. The van der Waals surface area contributed by atoms with Gasteiger partial charge in [0.1, 0.15) is 0 Å². The maximum atomic E-state index is 13.1. The van der Waals surface area contributed by atoms with Gasteiger partial charge in [-0.1, -0.05) is 36.8 Å². The van der Waals surface area contributed by atoms with Crippen molar-refractivity contribution < 1.29 is 21.6 Å². The van der Waals surface area contributed by atoms with Gasteiger partial charge < -0.3 is 5.32 Å². The van der Waals surface area contributed by atoms with E-state index >= 15 is 0 Å². The number of piperidine rings is 1. The molecule has 0 aliphatic carbocycles. The summed E-state index contributed by atoms with van der Waals surface area (Å²) in [5.74, 6) is -0.582. The number of aryl methyl sites for hydroxylation is 1. The highest BCUT2D eigenvalue weighted by Crippen LogP contribution is 2.26. The van der Waals surface area contributed by atoms with E-state index in [0.29, 0.717) is 18.7 Å². The van der Waals surface area contributed by atoms with Gasteiger partial charge >= 0.3 is 0 Å². The first-order valence-corrected chi connectivity index (χ1v) is 13.6. The zero-order chi connectivity index (χ0) is 24.1. The van der Waals surface area contributed by atoms with Crippen molar-refractivity contribution in [2.45, 2.75) is 36.0 Å². The van der Waals surface area contributed by atoms with E-state index in [1.54, 1.807) is 37.3 Å². The molecule has 2 aromatic carbocycles. The molecule has 1 aliphatic rings. The van der Waals surface area contributed by atoms with Crippen LogP contribution in [-0.2, 0) is 24.8 Å².